The minimum absolute atomic E-state index is 0.115. The molecule has 0 radical (unpaired) electrons. The summed E-state index contributed by atoms with van der Waals surface area (Å²) in [6.45, 7) is 4.00. The normalized spacial score (nSPS) is 11.5. The number of hydrogen-bond acceptors (Lipinski definition) is 2. The first-order chi connectivity index (χ1) is 11.5. The van der Waals surface area contributed by atoms with Crippen molar-refractivity contribution in [3.8, 4) is 0 Å². The number of anilines is 2. The standard InChI is InChI=1S/C18H20ClN3OS/c1-3-12(2)20-17(23)15-6-4-5-7-16(15)22-18(24)21-14-10-8-13(19)9-11-14/h4-12H,3H2,1-2H3,(H,20,23)(H2,21,22,24)/t12-/m1/s1. The van der Waals surface area contributed by atoms with Crippen molar-refractivity contribution >= 4 is 46.2 Å². The Hall–Kier alpha value is -2.11. The lowest BCUT2D eigenvalue weighted by atomic mass is 10.1. The van der Waals surface area contributed by atoms with E-state index in [4.69, 9.17) is 23.8 Å². The van der Waals surface area contributed by atoms with Gasteiger partial charge in [0.2, 0.25) is 0 Å². The number of nitrogens with one attached hydrogen (secondary N) is 3. The van der Waals surface area contributed by atoms with E-state index in [2.05, 4.69) is 16.0 Å². The first-order valence-electron chi connectivity index (χ1n) is 7.73. The predicted molar refractivity (Wildman–Crippen MR) is 105 cm³/mol. The van der Waals surface area contributed by atoms with Crippen LogP contribution in [0.3, 0.4) is 0 Å². The van der Waals surface area contributed by atoms with Gasteiger partial charge in [0.05, 0.1) is 11.3 Å². The van der Waals surface area contributed by atoms with Gasteiger partial charge in [0.25, 0.3) is 5.91 Å². The van der Waals surface area contributed by atoms with Crippen LogP contribution in [0.25, 0.3) is 0 Å². The van der Waals surface area contributed by atoms with E-state index in [9.17, 15) is 4.79 Å². The lowest BCUT2D eigenvalue weighted by Crippen LogP contribution is -2.32. The van der Waals surface area contributed by atoms with E-state index in [1.54, 1.807) is 18.2 Å². The topological polar surface area (TPSA) is 53.2 Å². The maximum atomic E-state index is 12.4. The van der Waals surface area contributed by atoms with E-state index in [1.807, 2.05) is 44.2 Å². The van der Waals surface area contributed by atoms with Crippen LogP contribution in [0, 0.1) is 0 Å². The molecule has 0 spiro atoms. The maximum Gasteiger partial charge on any atom is 0.253 e. The molecule has 3 N–H and O–H groups in total. The van der Waals surface area contributed by atoms with Gasteiger partial charge in [-0.3, -0.25) is 4.79 Å². The van der Waals surface area contributed by atoms with Crippen molar-refractivity contribution < 1.29 is 4.79 Å². The highest BCUT2D eigenvalue weighted by atomic mass is 35.5. The smallest absolute Gasteiger partial charge is 0.253 e. The van der Waals surface area contributed by atoms with Crippen LogP contribution in [0.2, 0.25) is 5.02 Å². The summed E-state index contributed by atoms with van der Waals surface area (Å²) >= 11 is 11.2. The number of benzene rings is 2. The molecule has 0 aliphatic rings. The third-order valence-electron chi connectivity index (χ3n) is 3.51. The Morgan fingerprint density at radius 1 is 1.12 bits per heavy atom. The Bertz CT molecular complexity index is 718. The fraction of sp³-hybridized carbons (Fsp3) is 0.222. The Morgan fingerprint density at radius 3 is 2.46 bits per heavy atom. The minimum Gasteiger partial charge on any atom is -0.350 e. The highest BCUT2D eigenvalue weighted by Gasteiger charge is 2.13. The first kappa shape index (κ1) is 18.2. The van der Waals surface area contributed by atoms with Crippen LogP contribution in [-0.4, -0.2) is 17.1 Å². The Morgan fingerprint density at radius 2 is 1.79 bits per heavy atom. The fourth-order valence-corrected chi connectivity index (χ4v) is 2.37. The van der Waals surface area contributed by atoms with Gasteiger partial charge >= 0.3 is 0 Å². The Kier molecular flexibility index (Phi) is 6.58. The third kappa shape index (κ3) is 5.22. The lowest BCUT2D eigenvalue weighted by molar-refractivity contribution is 0.0940. The third-order valence-corrected chi connectivity index (χ3v) is 3.97. The molecule has 2 aromatic rings. The van der Waals surface area contributed by atoms with E-state index in [0.717, 1.165) is 12.1 Å². The summed E-state index contributed by atoms with van der Waals surface area (Å²) in [6.07, 6.45) is 0.873. The summed E-state index contributed by atoms with van der Waals surface area (Å²) in [5.74, 6) is -0.123. The summed E-state index contributed by atoms with van der Waals surface area (Å²) in [6, 6.07) is 14.6. The Balaban J connectivity index is 2.07. The second-order valence-corrected chi connectivity index (χ2v) is 6.26. The predicted octanol–water partition coefficient (Wildman–Crippen LogP) is 4.68. The molecule has 0 aliphatic heterocycles. The molecule has 4 nitrogen and oxygen atoms in total. The maximum absolute atomic E-state index is 12.4. The van der Waals surface area contributed by atoms with Crippen molar-refractivity contribution in [1.29, 1.82) is 0 Å². The molecule has 126 valence electrons. The van der Waals surface area contributed by atoms with E-state index >= 15 is 0 Å². The molecule has 0 fully saturated rings. The SMILES string of the molecule is CC[C@@H](C)NC(=O)c1ccccc1NC(=S)Nc1ccc(Cl)cc1. The van der Waals surface area contributed by atoms with Gasteiger partial charge in [0.1, 0.15) is 0 Å². The van der Waals surface area contributed by atoms with Crippen LogP contribution in [0.5, 0.6) is 0 Å². The van der Waals surface area contributed by atoms with Crippen LogP contribution in [0.15, 0.2) is 48.5 Å². The summed E-state index contributed by atoms with van der Waals surface area (Å²) < 4.78 is 0. The monoisotopic (exact) mass is 361 g/mol. The first-order valence-corrected chi connectivity index (χ1v) is 8.51. The van der Waals surface area contributed by atoms with Gasteiger partial charge in [-0.25, -0.2) is 0 Å². The molecule has 0 aliphatic carbocycles. The van der Waals surface area contributed by atoms with Crippen LogP contribution in [-0.2, 0) is 0 Å². The number of carbonyl (C=O) groups is 1. The van der Waals surface area contributed by atoms with Crippen LogP contribution in [0.1, 0.15) is 30.6 Å². The number of hydrogen-bond donors (Lipinski definition) is 3. The molecule has 0 heterocycles. The highest BCUT2D eigenvalue weighted by molar-refractivity contribution is 7.80. The van der Waals surface area contributed by atoms with E-state index in [0.29, 0.717) is 21.4 Å². The van der Waals surface area contributed by atoms with Crippen molar-refractivity contribution in [1.82, 2.24) is 5.32 Å². The van der Waals surface area contributed by atoms with Gasteiger partial charge in [0.15, 0.2) is 5.11 Å². The molecular formula is C18H20ClN3OS. The van der Waals surface area contributed by atoms with Crippen molar-refractivity contribution in [2.45, 2.75) is 26.3 Å². The van der Waals surface area contributed by atoms with Gasteiger partial charge in [-0.15, -0.1) is 0 Å². The van der Waals surface area contributed by atoms with Gasteiger partial charge < -0.3 is 16.0 Å². The van der Waals surface area contributed by atoms with Gasteiger partial charge in [-0.2, -0.15) is 0 Å². The molecule has 1 amide bonds. The van der Waals surface area contributed by atoms with Crippen molar-refractivity contribution in [2.24, 2.45) is 0 Å². The van der Waals surface area contributed by atoms with Crippen LogP contribution in [0.4, 0.5) is 11.4 Å². The number of halogens is 1. The lowest BCUT2D eigenvalue weighted by Gasteiger charge is -2.16. The second kappa shape index (κ2) is 8.66. The van der Waals surface area contributed by atoms with Gasteiger partial charge in [0, 0.05) is 16.8 Å². The van der Waals surface area contributed by atoms with Crippen molar-refractivity contribution in [3.05, 3.63) is 59.1 Å². The molecule has 0 saturated carbocycles. The zero-order valence-corrected chi connectivity index (χ0v) is 15.2. The zero-order chi connectivity index (χ0) is 17.5. The molecule has 2 rings (SSSR count). The van der Waals surface area contributed by atoms with Gasteiger partial charge in [-0.1, -0.05) is 30.7 Å². The quantitative estimate of drug-likeness (QED) is 0.677. The molecule has 24 heavy (non-hydrogen) atoms. The van der Waals surface area contributed by atoms with E-state index < -0.39 is 0 Å². The summed E-state index contributed by atoms with van der Waals surface area (Å²) in [5.41, 5.74) is 2.03. The number of carbonyl (C=O) groups excluding carboxylic acids is 1. The fourth-order valence-electron chi connectivity index (χ4n) is 2.01. The molecule has 2 aromatic carbocycles. The molecule has 0 bridgehead atoms. The summed E-state index contributed by atoms with van der Waals surface area (Å²) in [5, 5.41) is 10.2. The average molecular weight is 362 g/mol. The molecule has 1 atom stereocenters. The molecular weight excluding hydrogens is 342 g/mol. The Labute approximate surface area is 152 Å². The number of para-hydroxylation sites is 1. The molecule has 0 saturated heterocycles. The van der Waals surface area contributed by atoms with Crippen LogP contribution < -0.4 is 16.0 Å². The zero-order valence-electron chi connectivity index (χ0n) is 13.6. The molecule has 0 unspecified atom stereocenters. The van der Waals surface area contributed by atoms with Gasteiger partial charge in [-0.05, 0) is 62.0 Å². The van der Waals surface area contributed by atoms with E-state index in [1.165, 1.54) is 0 Å². The van der Waals surface area contributed by atoms with Crippen molar-refractivity contribution in [3.63, 3.8) is 0 Å². The second-order valence-electron chi connectivity index (χ2n) is 5.41. The molecule has 6 heteroatoms. The molecule has 0 aromatic heterocycles. The van der Waals surface area contributed by atoms with Crippen LogP contribution >= 0.6 is 23.8 Å². The van der Waals surface area contributed by atoms with Crippen molar-refractivity contribution in [2.75, 3.05) is 10.6 Å². The summed E-state index contributed by atoms with van der Waals surface area (Å²) in [4.78, 5) is 12.4. The largest absolute Gasteiger partial charge is 0.350 e. The summed E-state index contributed by atoms with van der Waals surface area (Å²) in [7, 11) is 0. The number of thiocarbonyl (C=S) groups is 1. The average Bonchev–Trinajstić information content (AvgIpc) is 2.57. The minimum atomic E-state index is -0.123. The number of rotatable bonds is 5. The number of amides is 1. The van der Waals surface area contributed by atoms with E-state index in [-0.39, 0.29) is 11.9 Å². The highest BCUT2D eigenvalue weighted by Crippen LogP contribution is 2.17.